The number of hydrogen-bond acceptors (Lipinski definition) is 2. The van der Waals surface area contributed by atoms with Crippen LogP contribution in [0, 0.1) is 5.82 Å². The lowest BCUT2D eigenvalue weighted by Gasteiger charge is -2.11. The molecule has 0 radical (unpaired) electrons. The minimum absolute atomic E-state index is 0.0148. The monoisotopic (exact) mass is 402 g/mol. The third-order valence-electron chi connectivity index (χ3n) is 3.92. The van der Waals surface area contributed by atoms with Crippen LogP contribution >= 0.6 is 0 Å². The molecule has 0 heterocycles. The van der Waals surface area contributed by atoms with Gasteiger partial charge in [0.05, 0.1) is 5.56 Å². The van der Waals surface area contributed by atoms with E-state index in [-0.39, 0.29) is 22.5 Å². The van der Waals surface area contributed by atoms with Gasteiger partial charge in [-0.3, -0.25) is 9.59 Å². The molecule has 0 aliphatic rings. The molecule has 0 fully saturated rings. The van der Waals surface area contributed by atoms with Crippen molar-refractivity contribution in [1.29, 1.82) is 0 Å². The summed E-state index contributed by atoms with van der Waals surface area (Å²) in [6.45, 7) is 0. The smallest absolute Gasteiger partial charge is 0.322 e. The van der Waals surface area contributed by atoms with Gasteiger partial charge < -0.3 is 10.6 Å². The van der Waals surface area contributed by atoms with Gasteiger partial charge >= 0.3 is 6.18 Å². The molecular formula is C21H14F4N2O2. The van der Waals surface area contributed by atoms with E-state index in [2.05, 4.69) is 10.6 Å². The quantitative estimate of drug-likeness (QED) is 0.578. The Bertz CT molecular complexity index is 1060. The highest BCUT2D eigenvalue weighted by Crippen LogP contribution is 2.30. The maximum absolute atomic E-state index is 13.2. The molecule has 0 aromatic heterocycles. The molecule has 0 spiro atoms. The molecule has 0 saturated heterocycles. The SMILES string of the molecule is O=C(Nc1cccc(C(=O)Nc2cccc(C(F)(F)F)c2)c1)c1cccc(F)c1. The van der Waals surface area contributed by atoms with Crippen molar-refractivity contribution in [2.75, 3.05) is 10.6 Å². The summed E-state index contributed by atoms with van der Waals surface area (Å²) in [5.74, 6) is -1.78. The van der Waals surface area contributed by atoms with Crippen LogP contribution in [0.25, 0.3) is 0 Å². The van der Waals surface area contributed by atoms with E-state index in [1.165, 1.54) is 54.6 Å². The van der Waals surface area contributed by atoms with Crippen molar-refractivity contribution in [3.63, 3.8) is 0 Å². The summed E-state index contributed by atoms with van der Waals surface area (Å²) >= 11 is 0. The second-order valence-corrected chi connectivity index (χ2v) is 6.08. The predicted molar refractivity (Wildman–Crippen MR) is 100 cm³/mol. The first-order valence-electron chi connectivity index (χ1n) is 8.38. The molecule has 2 N–H and O–H groups in total. The molecule has 2 amide bonds. The van der Waals surface area contributed by atoms with E-state index in [1.807, 2.05) is 0 Å². The van der Waals surface area contributed by atoms with E-state index in [0.29, 0.717) is 0 Å². The fraction of sp³-hybridized carbons (Fsp3) is 0.0476. The molecule has 0 atom stereocenters. The average molecular weight is 402 g/mol. The Balaban J connectivity index is 1.74. The van der Waals surface area contributed by atoms with Crippen molar-refractivity contribution in [2.24, 2.45) is 0 Å². The Morgan fingerprint density at radius 2 is 1.21 bits per heavy atom. The Hall–Kier alpha value is -3.68. The molecule has 0 aliphatic heterocycles. The number of benzene rings is 3. The van der Waals surface area contributed by atoms with Gasteiger partial charge in [-0.1, -0.05) is 18.2 Å². The fourth-order valence-corrected chi connectivity index (χ4v) is 2.55. The van der Waals surface area contributed by atoms with Gasteiger partial charge in [-0.15, -0.1) is 0 Å². The third-order valence-corrected chi connectivity index (χ3v) is 3.92. The highest BCUT2D eigenvalue weighted by atomic mass is 19.4. The second kappa shape index (κ2) is 8.14. The van der Waals surface area contributed by atoms with Gasteiger partial charge in [0, 0.05) is 22.5 Å². The molecule has 0 bridgehead atoms. The van der Waals surface area contributed by atoms with E-state index < -0.39 is 29.4 Å². The number of carbonyl (C=O) groups excluding carboxylic acids is 2. The molecule has 0 aliphatic carbocycles. The minimum Gasteiger partial charge on any atom is -0.322 e. The highest BCUT2D eigenvalue weighted by molar-refractivity contribution is 6.07. The zero-order valence-corrected chi connectivity index (χ0v) is 14.8. The van der Waals surface area contributed by atoms with Crippen LogP contribution in [0.3, 0.4) is 0 Å². The van der Waals surface area contributed by atoms with Crippen LogP contribution in [0.5, 0.6) is 0 Å². The molecule has 8 heteroatoms. The maximum atomic E-state index is 13.2. The number of carbonyl (C=O) groups is 2. The molecule has 29 heavy (non-hydrogen) atoms. The van der Waals surface area contributed by atoms with Crippen molar-refractivity contribution < 1.29 is 27.2 Å². The number of halogens is 4. The van der Waals surface area contributed by atoms with Crippen molar-refractivity contribution >= 4 is 23.2 Å². The summed E-state index contributed by atoms with van der Waals surface area (Å²) in [5.41, 5.74) is -0.398. The molecule has 3 aromatic carbocycles. The van der Waals surface area contributed by atoms with E-state index in [9.17, 15) is 27.2 Å². The van der Waals surface area contributed by atoms with Crippen molar-refractivity contribution in [1.82, 2.24) is 0 Å². The molecule has 0 unspecified atom stereocenters. The summed E-state index contributed by atoms with van der Waals surface area (Å²) in [5, 5.41) is 4.93. The molecule has 3 rings (SSSR count). The van der Waals surface area contributed by atoms with E-state index >= 15 is 0 Å². The van der Waals surface area contributed by atoms with Crippen LogP contribution < -0.4 is 10.6 Å². The summed E-state index contributed by atoms with van der Waals surface area (Å²) in [6.07, 6.45) is -4.53. The van der Waals surface area contributed by atoms with E-state index in [1.54, 1.807) is 0 Å². The maximum Gasteiger partial charge on any atom is 0.416 e. The topological polar surface area (TPSA) is 58.2 Å². The molecule has 3 aromatic rings. The van der Waals surface area contributed by atoms with Crippen LogP contribution in [0.4, 0.5) is 28.9 Å². The Labute approximate surface area is 163 Å². The van der Waals surface area contributed by atoms with Crippen molar-refractivity contribution in [3.8, 4) is 0 Å². The molecular weight excluding hydrogens is 388 g/mol. The number of anilines is 2. The van der Waals surface area contributed by atoms with Crippen LogP contribution in [-0.2, 0) is 6.18 Å². The Morgan fingerprint density at radius 3 is 1.79 bits per heavy atom. The van der Waals surface area contributed by atoms with Crippen LogP contribution in [0.15, 0.2) is 72.8 Å². The van der Waals surface area contributed by atoms with Crippen LogP contribution in [-0.4, -0.2) is 11.8 Å². The van der Waals surface area contributed by atoms with Gasteiger partial charge in [0.1, 0.15) is 5.82 Å². The zero-order chi connectivity index (χ0) is 21.0. The lowest BCUT2D eigenvalue weighted by molar-refractivity contribution is -0.137. The van der Waals surface area contributed by atoms with E-state index in [4.69, 9.17) is 0 Å². The van der Waals surface area contributed by atoms with Gasteiger partial charge in [0.2, 0.25) is 0 Å². The van der Waals surface area contributed by atoms with E-state index in [0.717, 1.165) is 18.2 Å². The van der Waals surface area contributed by atoms with Crippen molar-refractivity contribution in [2.45, 2.75) is 6.18 Å². The lowest BCUT2D eigenvalue weighted by Crippen LogP contribution is -2.15. The first-order chi connectivity index (χ1) is 13.7. The lowest BCUT2D eigenvalue weighted by atomic mass is 10.1. The minimum atomic E-state index is -4.53. The summed E-state index contributed by atoms with van der Waals surface area (Å²) in [7, 11) is 0. The molecule has 148 valence electrons. The van der Waals surface area contributed by atoms with Gasteiger partial charge in [-0.2, -0.15) is 13.2 Å². The fourth-order valence-electron chi connectivity index (χ4n) is 2.55. The van der Waals surface area contributed by atoms with Gasteiger partial charge in [-0.25, -0.2) is 4.39 Å². The zero-order valence-electron chi connectivity index (χ0n) is 14.8. The molecule has 0 saturated carbocycles. The van der Waals surface area contributed by atoms with Crippen molar-refractivity contribution in [3.05, 3.63) is 95.3 Å². The van der Waals surface area contributed by atoms with Gasteiger partial charge in [-0.05, 0) is 54.6 Å². The third kappa shape index (κ3) is 5.19. The highest BCUT2D eigenvalue weighted by Gasteiger charge is 2.30. The average Bonchev–Trinajstić information content (AvgIpc) is 2.68. The van der Waals surface area contributed by atoms with Gasteiger partial charge in [0.15, 0.2) is 0 Å². The number of hydrogen-bond donors (Lipinski definition) is 2. The first kappa shape index (κ1) is 20.1. The predicted octanol–water partition coefficient (Wildman–Crippen LogP) is 5.35. The Kier molecular flexibility index (Phi) is 5.63. The number of nitrogens with one attached hydrogen (secondary N) is 2. The van der Waals surface area contributed by atoms with Crippen LogP contribution in [0.1, 0.15) is 26.3 Å². The number of amides is 2. The number of alkyl halides is 3. The second-order valence-electron chi connectivity index (χ2n) is 6.08. The standard InChI is InChI=1S/C21H14F4N2O2/c22-16-7-1-4-13(10-16)19(28)26-17-8-2-5-14(11-17)20(29)27-18-9-3-6-15(12-18)21(23,24)25/h1-12H,(H,26,28)(H,27,29). The Morgan fingerprint density at radius 1 is 0.690 bits per heavy atom. The first-order valence-corrected chi connectivity index (χ1v) is 8.38. The molecule has 4 nitrogen and oxygen atoms in total. The van der Waals surface area contributed by atoms with Gasteiger partial charge in [0.25, 0.3) is 11.8 Å². The summed E-state index contributed by atoms with van der Waals surface area (Å²) in [4.78, 5) is 24.6. The summed E-state index contributed by atoms with van der Waals surface area (Å²) < 4.78 is 51.6. The summed E-state index contributed by atoms with van der Waals surface area (Å²) in [6, 6.07) is 15.2. The largest absolute Gasteiger partial charge is 0.416 e. The number of rotatable bonds is 4. The van der Waals surface area contributed by atoms with Crippen LogP contribution in [0.2, 0.25) is 0 Å². The normalized spacial score (nSPS) is 11.0.